The van der Waals surface area contributed by atoms with Gasteiger partial charge in [0.15, 0.2) is 6.20 Å². The summed E-state index contributed by atoms with van der Waals surface area (Å²) in [6.07, 6.45) is 1.79. The molecule has 1 aromatic heterocycles. The van der Waals surface area contributed by atoms with E-state index in [0.717, 1.165) is 11.3 Å². The van der Waals surface area contributed by atoms with Crippen molar-refractivity contribution in [1.82, 2.24) is 0 Å². The molecule has 2 aromatic carbocycles. The van der Waals surface area contributed by atoms with Crippen LogP contribution in [-0.2, 0) is 12.5 Å². The van der Waals surface area contributed by atoms with Crippen molar-refractivity contribution in [3.05, 3.63) is 76.5 Å². The van der Waals surface area contributed by atoms with Crippen LogP contribution in [0.15, 0.2) is 48.7 Å². The normalized spacial score (nSPS) is 18.5. The molecule has 1 aliphatic heterocycles. The first-order chi connectivity index (χ1) is 14.3. The molecule has 0 radical (unpaired) electrons. The number of benzene rings is 2. The van der Waals surface area contributed by atoms with Gasteiger partial charge in [0.05, 0.1) is 5.56 Å². The molecule has 0 N–H and O–H groups in total. The minimum absolute atomic E-state index is 0.139. The van der Waals surface area contributed by atoms with Crippen LogP contribution in [0.5, 0.6) is 0 Å². The summed E-state index contributed by atoms with van der Waals surface area (Å²) in [5.74, 6) is 0. The molecule has 0 atom stereocenters. The second-order valence-corrected chi connectivity index (χ2v) is 13.7. The van der Waals surface area contributed by atoms with E-state index >= 15 is 0 Å². The average Bonchev–Trinajstić information content (AvgIpc) is 2.67. The van der Waals surface area contributed by atoms with E-state index in [1.807, 2.05) is 18.5 Å². The first kappa shape index (κ1) is 15.7. The van der Waals surface area contributed by atoms with Gasteiger partial charge in [0.1, 0.15) is 15.1 Å². The molecule has 0 amide bonds. The highest BCUT2D eigenvalue weighted by Gasteiger charge is 2.45. The lowest BCUT2D eigenvalue weighted by molar-refractivity contribution is -0.660. The monoisotopic (exact) mass is 389 g/mol. The van der Waals surface area contributed by atoms with Gasteiger partial charge in [-0.15, -0.1) is 0 Å². The van der Waals surface area contributed by atoms with Gasteiger partial charge in [0.25, 0.3) is 0 Å². The first-order valence-corrected chi connectivity index (χ1v) is 13.0. The molecule has 1 aliphatic rings. The highest BCUT2D eigenvalue weighted by molar-refractivity contribution is 7.01. The van der Waals surface area contributed by atoms with E-state index in [1.54, 1.807) is 6.20 Å². The van der Waals surface area contributed by atoms with Gasteiger partial charge in [-0.05, 0) is 48.1 Å². The molecule has 2 heteroatoms. The van der Waals surface area contributed by atoms with Gasteiger partial charge in [-0.2, -0.15) is 0 Å². The average molecular weight is 390 g/mol. The number of fused-ring (bicyclic) bond motifs is 2. The maximum Gasteiger partial charge on any atom is 0.213 e. The molecule has 0 aliphatic carbocycles. The minimum Gasteiger partial charge on any atom is -0.201 e. The Balaban J connectivity index is 2.09. The number of hydrogen-bond acceptors (Lipinski definition) is 0. The first-order valence-electron chi connectivity index (χ1n) is 11.5. The summed E-state index contributed by atoms with van der Waals surface area (Å²) in [6, 6.07) is 15.6. The van der Waals surface area contributed by atoms with Crippen LogP contribution in [0.1, 0.15) is 45.8 Å². The number of hydrogen-bond donors (Lipinski definition) is 0. The number of nitrogens with zero attached hydrogens (tertiary/aromatic N) is 1. The molecule has 3 aromatic rings. The second kappa shape index (κ2) is 6.15. The Morgan fingerprint density at radius 2 is 1.64 bits per heavy atom. The van der Waals surface area contributed by atoms with Crippen LogP contribution in [0.4, 0.5) is 0 Å². The molecule has 144 valence electrons. The fourth-order valence-electron chi connectivity index (χ4n) is 5.06. The largest absolute Gasteiger partial charge is 0.213 e. The lowest BCUT2D eigenvalue weighted by Gasteiger charge is -2.44. The van der Waals surface area contributed by atoms with E-state index in [2.05, 4.69) is 76.3 Å². The van der Waals surface area contributed by atoms with Crippen LogP contribution < -0.4 is 14.9 Å². The Morgan fingerprint density at radius 3 is 2.36 bits per heavy atom. The van der Waals surface area contributed by atoms with Gasteiger partial charge in [0, 0.05) is 21.2 Å². The van der Waals surface area contributed by atoms with E-state index in [0.29, 0.717) is 5.56 Å². The highest BCUT2D eigenvalue weighted by Crippen LogP contribution is 2.41. The second-order valence-electron chi connectivity index (χ2n) is 9.34. The summed E-state index contributed by atoms with van der Waals surface area (Å²) in [5.41, 5.74) is 7.48. The van der Waals surface area contributed by atoms with E-state index in [1.165, 1.54) is 32.6 Å². The highest BCUT2D eigenvalue weighted by atomic mass is 28.3. The quantitative estimate of drug-likeness (QED) is 0.424. The lowest BCUT2D eigenvalue weighted by atomic mass is 9.74. The summed E-state index contributed by atoms with van der Waals surface area (Å²) >= 11 is 0. The van der Waals surface area contributed by atoms with E-state index in [-0.39, 0.29) is 5.41 Å². The number of aryl methyl sites for hydroxylation is 4. The predicted molar refractivity (Wildman–Crippen MR) is 123 cm³/mol. The number of rotatable bonds is 1. The maximum absolute atomic E-state index is 7.90. The molecule has 28 heavy (non-hydrogen) atoms. The van der Waals surface area contributed by atoms with Crippen LogP contribution >= 0.6 is 0 Å². The van der Waals surface area contributed by atoms with Gasteiger partial charge in [0.2, 0.25) is 5.69 Å². The Bertz CT molecular complexity index is 1210. The number of aromatic nitrogens is 1. The Morgan fingerprint density at radius 1 is 0.929 bits per heavy atom. The fraction of sp³-hybridized carbons (Fsp3) is 0.346. The molecule has 4 rings (SSSR count). The van der Waals surface area contributed by atoms with Crippen LogP contribution in [-0.4, -0.2) is 8.07 Å². The number of pyridine rings is 1. The van der Waals surface area contributed by atoms with Crippen LogP contribution in [0.2, 0.25) is 13.1 Å². The molecular formula is C26H32NSi+. The van der Waals surface area contributed by atoms with Crippen LogP contribution in [0.3, 0.4) is 0 Å². The molecule has 0 saturated heterocycles. The minimum atomic E-state index is -2.11. The fourth-order valence-corrected chi connectivity index (χ4v) is 8.49. The standard InChI is InChI=1S/C26H32NSi/c1-17-13-14-23-25(24(17)21-15-18(2)19(3)16-27(21)6)26(4,5)20-11-9-10-12-22(20)28(23,7)8/h9-16H,1-8H3/q+1/i3D3. The molecule has 0 spiro atoms. The van der Waals surface area contributed by atoms with Gasteiger partial charge in [-0.3, -0.25) is 0 Å². The van der Waals surface area contributed by atoms with Crippen molar-refractivity contribution < 1.29 is 8.68 Å². The zero-order valence-electron chi connectivity index (χ0n) is 21.1. The van der Waals surface area contributed by atoms with E-state index in [4.69, 9.17) is 4.11 Å². The molecule has 0 bridgehead atoms. The van der Waals surface area contributed by atoms with Crippen molar-refractivity contribution >= 4 is 18.4 Å². The molecule has 0 saturated carbocycles. The lowest BCUT2D eigenvalue weighted by Crippen LogP contribution is -2.62. The Labute approximate surface area is 175 Å². The third-order valence-corrected chi connectivity index (χ3v) is 10.3. The van der Waals surface area contributed by atoms with Crippen molar-refractivity contribution in [2.24, 2.45) is 7.05 Å². The third kappa shape index (κ3) is 2.54. The van der Waals surface area contributed by atoms with Crippen molar-refractivity contribution in [2.75, 3.05) is 0 Å². The summed E-state index contributed by atoms with van der Waals surface area (Å²) in [5, 5.41) is 3.00. The zero-order valence-corrected chi connectivity index (χ0v) is 19.1. The van der Waals surface area contributed by atoms with Crippen LogP contribution in [0.25, 0.3) is 11.3 Å². The smallest absolute Gasteiger partial charge is 0.201 e. The summed E-state index contributed by atoms with van der Waals surface area (Å²) < 4.78 is 25.7. The van der Waals surface area contributed by atoms with E-state index < -0.39 is 14.9 Å². The molecule has 0 unspecified atom stereocenters. The van der Waals surface area contributed by atoms with Crippen molar-refractivity contribution in [1.29, 1.82) is 0 Å². The summed E-state index contributed by atoms with van der Waals surface area (Å²) in [6.45, 7) is 11.5. The Kier molecular flexibility index (Phi) is 3.45. The third-order valence-electron chi connectivity index (χ3n) is 6.72. The van der Waals surface area contributed by atoms with Gasteiger partial charge < -0.3 is 0 Å². The predicted octanol–water partition coefficient (Wildman–Crippen LogP) is 4.57. The van der Waals surface area contributed by atoms with Gasteiger partial charge in [-0.25, -0.2) is 4.57 Å². The molecular weight excluding hydrogens is 354 g/mol. The van der Waals surface area contributed by atoms with Crippen molar-refractivity contribution in [2.45, 2.75) is 53.1 Å². The van der Waals surface area contributed by atoms with Gasteiger partial charge >= 0.3 is 0 Å². The SMILES string of the molecule is [2H]C([2H])([2H])c1c[n+](C)c(-c2c(C)ccc3c2C(C)(C)c2ccccc2[Si]3(C)C)cc1C. The maximum atomic E-state index is 7.90. The summed E-state index contributed by atoms with van der Waals surface area (Å²) in [4.78, 5) is 0. The molecule has 1 nitrogen and oxygen atoms in total. The van der Waals surface area contributed by atoms with E-state index in [9.17, 15) is 0 Å². The molecule has 0 fully saturated rings. The van der Waals surface area contributed by atoms with Crippen LogP contribution in [0, 0.1) is 20.7 Å². The zero-order chi connectivity index (χ0) is 22.9. The Hall–Kier alpha value is -2.19. The van der Waals surface area contributed by atoms with Crippen molar-refractivity contribution in [3.8, 4) is 11.3 Å². The summed E-state index contributed by atoms with van der Waals surface area (Å²) in [7, 11) is 0.0886. The van der Waals surface area contributed by atoms with Gasteiger partial charge in [-0.1, -0.05) is 68.5 Å². The topological polar surface area (TPSA) is 3.88 Å². The van der Waals surface area contributed by atoms with Crippen molar-refractivity contribution in [3.63, 3.8) is 0 Å². The molecule has 2 heterocycles.